The van der Waals surface area contributed by atoms with Crippen molar-refractivity contribution in [3.8, 4) is 0 Å². The van der Waals surface area contributed by atoms with E-state index in [0.29, 0.717) is 118 Å². The molecule has 10 aromatic rings. The number of aromatic nitrogens is 16. The monoisotopic (exact) mass is 1640 g/mol. The average molecular weight is 1640 g/mol. The standard InChI is InChI=1S/4C11H17N.6C10H16N2/c1-8(2)10-5-11(9(3)4)7-12-6-10;2*1-8(2)10-5-6-12-11(7-10)9(3)4;1-8(2)10-6-5-7-11(12-10)9(3)4;1-7(2)9-5-11-6-10(12-9)8(3)4;1-7(2)9-5-10(8(3)4)12-6-11-9;2*1-7(2)9-5-10(8(3)4)12-11-6-9;2*1-7(2)9-5-6-11-10(12-9)8(3)4/h4*5-9H,1-4H3;6*5-8H,1-4H3. The van der Waals surface area contributed by atoms with Crippen LogP contribution < -0.4 is 0 Å². The van der Waals surface area contributed by atoms with Crippen LogP contribution in [-0.2, 0) is 0 Å². The number of pyridine rings is 4. The molecule has 0 fully saturated rings. The average Bonchev–Trinajstić information content (AvgIpc) is 0.956. The van der Waals surface area contributed by atoms with Gasteiger partial charge in [0.25, 0.3) is 0 Å². The van der Waals surface area contributed by atoms with Gasteiger partial charge in [0, 0.05) is 107 Å². The minimum atomic E-state index is 0.420. The van der Waals surface area contributed by atoms with Crippen LogP contribution in [0.15, 0.2) is 147 Å². The molecule has 0 aliphatic heterocycles. The maximum absolute atomic E-state index is 4.57. The van der Waals surface area contributed by atoms with Gasteiger partial charge < -0.3 is 0 Å². The second kappa shape index (κ2) is 57.4. The summed E-state index contributed by atoms with van der Waals surface area (Å²) >= 11 is 0. The zero-order valence-corrected chi connectivity index (χ0v) is 82.6. The molecule has 0 aliphatic carbocycles. The van der Waals surface area contributed by atoms with Gasteiger partial charge in [0.15, 0.2) is 0 Å². The third kappa shape index (κ3) is 43.5. The highest BCUT2D eigenvalue weighted by molar-refractivity contribution is 5.26. The molecule has 0 unspecified atom stereocenters. The van der Waals surface area contributed by atoms with Crippen molar-refractivity contribution in [1.82, 2.24) is 80.2 Å². The molecule has 0 aromatic carbocycles. The molecule has 0 aliphatic rings. The smallest absolute Gasteiger partial charge is 0.131 e. The summed E-state index contributed by atoms with van der Waals surface area (Å²) in [6.07, 6.45) is 20.4. The summed E-state index contributed by atoms with van der Waals surface area (Å²) in [6.45, 7) is 86.3. The van der Waals surface area contributed by atoms with Gasteiger partial charge in [-0.25, -0.2) is 29.9 Å². The van der Waals surface area contributed by atoms with Crippen LogP contribution in [0.2, 0.25) is 0 Å². The van der Waals surface area contributed by atoms with Crippen molar-refractivity contribution >= 4 is 0 Å². The first kappa shape index (κ1) is 109. The van der Waals surface area contributed by atoms with Gasteiger partial charge in [-0.05, 0) is 207 Å². The Morgan fingerprint density at radius 1 is 0.175 bits per heavy atom. The lowest BCUT2D eigenvalue weighted by Gasteiger charge is -2.09. The molecule has 0 saturated carbocycles. The predicted molar refractivity (Wildman–Crippen MR) is 511 cm³/mol. The highest BCUT2D eigenvalue weighted by Crippen LogP contribution is 2.26. The second-order valence-electron chi connectivity index (χ2n) is 37.4. The molecule has 10 aromatic heterocycles. The van der Waals surface area contributed by atoms with Crippen molar-refractivity contribution in [2.75, 3.05) is 0 Å². The van der Waals surface area contributed by atoms with Gasteiger partial charge in [-0.15, -0.1) is 0 Å². The fourth-order valence-electron chi connectivity index (χ4n) is 10.4. The Labute approximate surface area is 731 Å². The van der Waals surface area contributed by atoms with E-state index in [4.69, 9.17) is 0 Å². The summed E-state index contributed by atoms with van der Waals surface area (Å²) < 4.78 is 0. The topological polar surface area (TPSA) is 206 Å². The van der Waals surface area contributed by atoms with E-state index in [9.17, 15) is 0 Å². The van der Waals surface area contributed by atoms with E-state index in [1.165, 1.54) is 56.2 Å². The number of rotatable bonds is 20. The van der Waals surface area contributed by atoms with Crippen LogP contribution in [-0.4, -0.2) is 80.2 Å². The molecule has 0 amide bonds. The van der Waals surface area contributed by atoms with Gasteiger partial charge in [-0.3, -0.25) is 29.9 Å². The van der Waals surface area contributed by atoms with E-state index < -0.39 is 0 Å². The second-order valence-corrected chi connectivity index (χ2v) is 37.4. The van der Waals surface area contributed by atoms with Gasteiger partial charge in [-0.2, -0.15) is 20.4 Å². The van der Waals surface area contributed by atoms with E-state index in [-0.39, 0.29) is 0 Å². The predicted octanol–water partition coefficient (Wildman–Crippen LogP) is 29.7. The summed E-state index contributed by atoms with van der Waals surface area (Å²) in [7, 11) is 0. The van der Waals surface area contributed by atoms with Crippen LogP contribution in [0, 0.1) is 0 Å². The Hall–Kier alpha value is -8.92. The zero-order chi connectivity index (χ0) is 91.4. The lowest BCUT2D eigenvalue weighted by atomic mass is 9.99. The molecule has 120 heavy (non-hydrogen) atoms. The van der Waals surface area contributed by atoms with Crippen molar-refractivity contribution in [3.05, 3.63) is 261 Å². The highest BCUT2D eigenvalue weighted by atomic mass is 15.1. The first-order valence-corrected chi connectivity index (χ1v) is 44.9. The summed E-state index contributed by atoms with van der Waals surface area (Å²) in [5, 5.41) is 16.1. The van der Waals surface area contributed by atoms with Gasteiger partial charge in [0.1, 0.15) is 18.0 Å². The Morgan fingerprint density at radius 2 is 0.425 bits per heavy atom. The lowest BCUT2D eigenvalue weighted by molar-refractivity contribution is 0.729. The molecule has 0 radical (unpaired) electrons. The third-order valence-corrected chi connectivity index (χ3v) is 19.5. The Morgan fingerprint density at radius 3 is 0.708 bits per heavy atom. The molecule has 16 heteroatoms. The minimum absolute atomic E-state index is 0.420. The summed E-state index contributed by atoms with van der Waals surface area (Å²) in [6, 6.07) is 27.5. The fraction of sp³-hybridized carbons (Fsp3) is 0.577. The Balaban J connectivity index is 0.000000667. The molecule has 0 N–H and O–H groups in total. The molecule has 660 valence electrons. The largest absolute Gasteiger partial charge is 0.264 e. The molecule has 0 spiro atoms. The molecule has 0 bridgehead atoms. The zero-order valence-electron chi connectivity index (χ0n) is 82.6. The molecule has 0 saturated heterocycles. The van der Waals surface area contributed by atoms with E-state index in [1.807, 2.05) is 74.1 Å². The van der Waals surface area contributed by atoms with Crippen LogP contribution in [0.3, 0.4) is 0 Å². The van der Waals surface area contributed by atoms with Crippen LogP contribution in [0.4, 0.5) is 0 Å². The van der Waals surface area contributed by atoms with E-state index in [0.717, 1.165) is 57.2 Å². The van der Waals surface area contributed by atoms with Crippen LogP contribution in [0.1, 0.15) is 509 Å². The van der Waals surface area contributed by atoms with Crippen molar-refractivity contribution < 1.29 is 0 Å². The summed E-state index contributed by atoms with van der Waals surface area (Å²) in [5.41, 5.74) is 21.6. The van der Waals surface area contributed by atoms with Crippen molar-refractivity contribution in [2.45, 2.75) is 395 Å². The lowest BCUT2D eigenvalue weighted by Crippen LogP contribution is -2.01. The molecule has 16 nitrogen and oxygen atoms in total. The molecular weight excluding hydrogens is 1470 g/mol. The van der Waals surface area contributed by atoms with Crippen LogP contribution in [0.5, 0.6) is 0 Å². The maximum Gasteiger partial charge on any atom is 0.131 e. The molecule has 10 rings (SSSR count). The van der Waals surface area contributed by atoms with Crippen LogP contribution >= 0.6 is 0 Å². The molecule has 0 atom stereocenters. The normalized spacial score (nSPS) is 11.2. The first-order valence-electron chi connectivity index (χ1n) is 44.9. The van der Waals surface area contributed by atoms with Crippen molar-refractivity contribution in [2.24, 2.45) is 0 Å². The van der Waals surface area contributed by atoms with Crippen LogP contribution in [0.25, 0.3) is 0 Å². The van der Waals surface area contributed by atoms with Crippen molar-refractivity contribution in [1.29, 1.82) is 0 Å². The van der Waals surface area contributed by atoms with Gasteiger partial charge in [-0.1, -0.05) is 289 Å². The van der Waals surface area contributed by atoms with Gasteiger partial charge in [0.2, 0.25) is 0 Å². The summed E-state index contributed by atoms with van der Waals surface area (Å²) in [4.78, 5) is 51.9. The summed E-state index contributed by atoms with van der Waals surface area (Å²) in [5.74, 6) is 12.1. The maximum atomic E-state index is 4.57. The highest BCUT2D eigenvalue weighted by Gasteiger charge is 2.14. The number of nitrogens with zero attached hydrogens (tertiary/aromatic N) is 16. The van der Waals surface area contributed by atoms with Gasteiger partial charge in [0.05, 0.1) is 35.2 Å². The Bertz CT molecular complexity index is 3220. The molecular formula is C104H164N16. The van der Waals surface area contributed by atoms with E-state index in [1.54, 1.807) is 6.33 Å². The van der Waals surface area contributed by atoms with Crippen molar-refractivity contribution in [3.63, 3.8) is 0 Å². The fourth-order valence-corrected chi connectivity index (χ4v) is 10.4. The quantitative estimate of drug-likeness (QED) is 0.0695. The third-order valence-electron chi connectivity index (χ3n) is 19.5. The first-order chi connectivity index (χ1) is 56.1. The number of hydrogen-bond donors (Lipinski definition) is 0. The van der Waals surface area contributed by atoms with E-state index >= 15 is 0 Å². The SMILES string of the molecule is CC(C)c1cc(C(C)C)ncn1.CC(C)c1cccc(C(C)C)n1.CC(C)c1ccnc(C(C)C)c1.CC(C)c1ccnc(C(C)C)c1.CC(C)c1ccnc(C(C)C)n1.CC(C)c1ccnc(C(C)C)n1.CC(C)c1cncc(C(C)C)c1.CC(C)c1cncc(C(C)C)n1.CC(C)c1cnnc(C(C)C)c1.CC(C)c1cnnc(C(C)C)c1. The Kier molecular flexibility index (Phi) is 52.2. The van der Waals surface area contributed by atoms with E-state index in [2.05, 4.69) is 424 Å². The minimum Gasteiger partial charge on any atom is -0.264 e. The molecule has 10 heterocycles. The number of hydrogen-bond acceptors (Lipinski definition) is 16. The van der Waals surface area contributed by atoms with Gasteiger partial charge >= 0.3 is 0 Å².